The van der Waals surface area contributed by atoms with Gasteiger partial charge in [-0.2, -0.15) is 13.2 Å². The van der Waals surface area contributed by atoms with E-state index in [9.17, 15) is 13.2 Å². The van der Waals surface area contributed by atoms with Crippen molar-refractivity contribution in [1.82, 2.24) is 4.98 Å². The van der Waals surface area contributed by atoms with Gasteiger partial charge in [0.15, 0.2) is 0 Å². The van der Waals surface area contributed by atoms with Gasteiger partial charge in [0.05, 0.1) is 11.3 Å². The lowest BCUT2D eigenvalue weighted by molar-refractivity contribution is -0.137. The Bertz CT molecular complexity index is 548. The zero-order valence-electron chi connectivity index (χ0n) is 8.68. The topological polar surface area (TPSA) is 12.9 Å². The summed E-state index contributed by atoms with van der Waals surface area (Å²) in [5.74, 6) is 0. The standard InChI is InChI=1S/C11H7ClF3NS/c1-6-8(2-3-17-6)9-4-7(11(13,14)15)5-10(12)16-9/h2-5H,1H3. The molecule has 0 atom stereocenters. The van der Waals surface area contributed by atoms with E-state index in [2.05, 4.69) is 4.98 Å². The fourth-order valence-corrected chi connectivity index (χ4v) is 2.37. The summed E-state index contributed by atoms with van der Waals surface area (Å²) in [6.07, 6.45) is -4.41. The molecule has 0 saturated carbocycles. The molecule has 0 saturated heterocycles. The van der Waals surface area contributed by atoms with Crippen molar-refractivity contribution >= 4 is 22.9 Å². The number of nitrogens with zero attached hydrogens (tertiary/aromatic N) is 1. The minimum Gasteiger partial charge on any atom is -0.236 e. The third kappa shape index (κ3) is 2.61. The fraction of sp³-hybridized carbons (Fsp3) is 0.182. The second-order valence-electron chi connectivity index (χ2n) is 3.45. The van der Waals surface area contributed by atoms with Crippen LogP contribution in [0.2, 0.25) is 5.15 Å². The third-order valence-corrected chi connectivity index (χ3v) is 3.30. The predicted octanol–water partition coefficient (Wildman–Crippen LogP) is 4.79. The number of aromatic nitrogens is 1. The van der Waals surface area contributed by atoms with Crippen LogP contribution in [-0.4, -0.2) is 4.98 Å². The minimum atomic E-state index is -4.41. The van der Waals surface area contributed by atoms with Crippen molar-refractivity contribution in [1.29, 1.82) is 0 Å². The Kier molecular flexibility index (Phi) is 3.14. The van der Waals surface area contributed by atoms with Gasteiger partial charge in [-0.15, -0.1) is 11.3 Å². The van der Waals surface area contributed by atoms with Gasteiger partial charge >= 0.3 is 6.18 Å². The molecule has 0 aliphatic heterocycles. The van der Waals surface area contributed by atoms with Crippen LogP contribution in [-0.2, 0) is 6.18 Å². The Morgan fingerprint density at radius 1 is 1.29 bits per heavy atom. The van der Waals surface area contributed by atoms with E-state index in [1.54, 1.807) is 11.4 Å². The summed E-state index contributed by atoms with van der Waals surface area (Å²) in [5.41, 5.74) is 0.157. The SMILES string of the molecule is Cc1sccc1-c1cc(C(F)(F)F)cc(Cl)n1. The van der Waals surface area contributed by atoms with Gasteiger partial charge in [-0.25, -0.2) is 4.98 Å². The summed E-state index contributed by atoms with van der Waals surface area (Å²) in [6, 6.07) is 3.58. The fourth-order valence-electron chi connectivity index (χ4n) is 1.45. The van der Waals surface area contributed by atoms with E-state index >= 15 is 0 Å². The highest BCUT2D eigenvalue weighted by Crippen LogP contribution is 2.34. The molecular formula is C11H7ClF3NS. The maximum Gasteiger partial charge on any atom is 0.416 e. The van der Waals surface area contributed by atoms with Gasteiger partial charge < -0.3 is 0 Å². The summed E-state index contributed by atoms with van der Waals surface area (Å²) < 4.78 is 37.8. The lowest BCUT2D eigenvalue weighted by Crippen LogP contribution is -2.05. The number of rotatable bonds is 1. The van der Waals surface area contributed by atoms with E-state index in [1.807, 2.05) is 6.92 Å². The van der Waals surface area contributed by atoms with Crippen molar-refractivity contribution in [2.24, 2.45) is 0 Å². The average Bonchev–Trinajstić information content (AvgIpc) is 2.62. The van der Waals surface area contributed by atoms with Gasteiger partial charge in [0, 0.05) is 10.4 Å². The molecule has 2 aromatic rings. The molecule has 2 aromatic heterocycles. The van der Waals surface area contributed by atoms with Crippen molar-refractivity contribution in [2.45, 2.75) is 13.1 Å². The maximum atomic E-state index is 12.6. The lowest BCUT2D eigenvalue weighted by Gasteiger charge is -2.09. The van der Waals surface area contributed by atoms with Gasteiger partial charge in [-0.3, -0.25) is 0 Å². The third-order valence-electron chi connectivity index (χ3n) is 2.26. The van der Waals surface area contributed by atoms with Crippen LogP contribution in [0.4, 0.5) is 13.2 Å². The van der Waals surface area contributed by atoms with Crippen LogP contribution in [0.25, 0.3) is 11.3 Å². The van der Waals surface area contributed by atoms with Crippen molar-refractivity contribution in [3.8, 4) is 11.3 Å². The number of alkyl halides is 3. The van der Waals surface area contributed by atoms with Gasteiger partial charge in [0.2, 0.25) is 0 Å². The molecule has 0 aliphatic carbocycles. The van der Waals surface area contributed by atoms with Crippen molar-refractivity contribution < 1.29 is 13.2 Å². The molecule has 2 heterocycles. The number of hydrogen-bond donors (Lipinski definition) is 0. The van der Waals surface area contributed by atoms with Gasteiger partial charge in [-0.05, 0) is 30.5 Å². The van der Waals surface area contributed by atoms with Crippen LogP contribution in [0.5, 0.6) is 0 Å². The molecule has 0 N–H and O–H groups in total. The van der Waals surface area contributed by atoms with Crippen LogP contribution in [0.1, 0.15) is 10.4 Å². The molecule has 6 heteroatoms. The first kappa shape index (κ1) is 12.4. The van der Waals surface area contributed by atoms with E-state index in [1.165, 1.54) is 11.3 Å². The number of pyridine rings is 1. The van der Waals surface area contributed by atoms with Gasteiger partial charge in [0.1, 0.15) is 5.15 Å². The molecule has 2 rings (SSSR count). The molecule has 0 amide bonds. The van der Waals surface area contributed by atoms with Crippen LogP contribution in [0, 0.1) is 6.92 Å². The predicted molar refractivity (Wildman–Crippen MR) is 62.3 cm³/mol. The summed E-state index contributed by atoms with van der Waals surface area (Å²) in [5, 5.41) is 1.65. The number of thiophene rings is 1. The summed E-state index contributed by atoms with van der Waals surface area (Å²) in [7, 11) is 0. The van der Waals surface area contributed by atoms with E-state index in [0.717, 1.165) is 17.0 Å². The Balaban J connectivity index is 2.57. The summed E-state index contributed by atoms with van der Waals surface area (Å²) in [4.78, 5) is 4.83. The zero-order chi connectivity index (χ0) is 12.6. The molecule has 0 aromatic carbocycles. The second-order valence-corrected chi connectivity index (χ2v) is 4.96. The molecule has 0 radical (unpaired) electrons. The lowest BCUT2D eigenvalue weighted by atomic mass is 10.1. The molecule has 0 spiro atoms. The van der Waals surface area contributed by atoms with E-state index < -0.39 is 11.7 Å². The van der Waals surface area contributed by atoms with E-state index in [0.29, 0.717) is 5.56 Å². The summed E-state index contributed by atoms with van der Waals surface area (Å²) >= 11 is 7.07. The normalized spacial score (nSPS) is 11.8. The average molecular weight is 278 g/mol. The summed E-state index contributed by atoms with van der Waals surface area (Å²) in [6.45, 7) is 1.83. The van der Waals surface area contributed by atoms with Crippen LogP contribution < -0.4 is 0 Å². The highest BCUT2D eigenvalue weighted by atomic mass is 35.5. The van der Waals surface area contributed by atoms with E-state index in [4.69, 9.17) is 11.6 Å². The molecular weight excluding hydrogens is 271 g/mol. The molecule has 1 nitrogen and oxygen atoms in total. The quantitative estimate of drug-likeness (QED) is 0.683. The molecule has 0 bridgehead atoms. The first-order valence-electron chi connectivity index (χ1n) is 4.67. The number of aryl methyl sites for hydroxylation is 1. The number of hydrogen-bond acceptors (Lipinski definition) is 2. The molecule has 90 valence electrons. The number of halogens is 4. The Morgan fingerprint density at radius 2 is 2.00 bits per heavy atom. The smallest absolute Gasteiger partial charge is 0.236 e. The molecule has 0 unspecified atom stereocenters. The highest BCUT2D eigenvalue weighted by Gasteiger charge is 2.31. The first-order valence-corrected chi connectivity index (χ1v) is 5.93. The zero-order valence-corrected chi connectivity index (χ0v) is 10.2. The molecule has 17 heavy (non-hydrogen) atoms. The monoisotopic (exact) mass is 277 g/mol. The van der Waals surface area contributed by atoms with E-state index in [-0.39, 0.29) is 10.8 Å². The Labute approximate surface area is 105 Å². The highest BCUT2D eigenvalue weighted by molar-refractivity contribution is 7.10. The van der Waals surface area contributed by atoms with Crippen molar-refractivity contribution in [3.63, 3.8) is 0 Å². The first-order chi connectivity index (χ1) is 7.88. The van der Waals surface area contributed by atoms with Crippen LogP contribution in [0.15, 0.2) is 23.6 Å². The van der Waals surface area contributed by atoms with Crippen molar-refractivity contribution in [2.75, 3.05) is 0 Å². The van der Waals surface area contributed by atoms with Crippen LogP contribution in [0.3, 0.4) is 0 Å². The van der Waals surface area contributed by atoms with Gasteiger partial charge in [0.25, 0.3) is 0 Å². The second kappa shape index (κ2) is 4.31. The molecule has 0 aliphatic rings. The van der Waals surface area contributed by atoms with Crippen molar-refractivity contribution in [3.05, 3.63) is 39.2 Å². The Morgan fingerprint density at radius 3 is 2.53 bits per heavy atom. The minimum absolute atomic E-state index is 0.152. The largest absolute Gasteiger partial charge is 0.416 e. The maximum absolute atomic E-state index is 12.6. The van der Waals surface area contributed by atoms with Gasteiger partial charge in [-0.1, -0.05) is 11.6 Å². The molecule has 0 fully saturated rings. The van der Waals surface area contributed by atoms with Crippen LogP contribution >= 0.6 is 22.9 Å². The Hall–Kier alpha value is -1.07.